The highest BCUT2D eigenvalue weighted by atomic mass is 32.2. The summed E-state index contributed by atoms with van der Waals surface area (Å²) in [7, 11) is 0. The number of nitrogens with zero attached hydrogens (tertiary/aromatic N) is 1. The molecule has 1 rings (SSSR count). The van der Waals surface area contributed by atoms with Crippen LogP contribution in [0.2, 0.25) is 0 Å². The zero-order valence-corrected chi connectivity index (χ0v) is 8.18. The topological polar surface area (TPSA) is 49.8 Å². The molecule has 0 aliphatic heterocycles. The van der Waals surface area contributed by atoms with E-state index in [0.717, 1.165) is 24.3 Å². The van der Waals surface area contributed by atoms with Gasteiger partial charge in [-0.2, -0.15) is 5.26 Å². The Labute approximate surface area is 82.7 Å². The number of rotatable bonds is 4. The normalized spacial score (nSPS) is 9.46. The van der Waals surface area contributed by atoms with Crippen LogP contribution in [0.1, 0.15) is 12.0 Å². The lowest BCUT2D eigenvalue weighted by Gasteiger charge is -1.99. The Kier molecular flexibility index (Phi) is 4.20. The Morgan fingerprint density at radius 1 is 1.31 bits per heavy atom. The maximum Gasteiger partial charge on any atom is 0.133 e. The molecule has 3 heteroatoms. The molecular formula is C10H12N2S. The van der Waals surface area contributed by atoms with Crippen molar-refractivity contribution in [2.75, 3.05) is 11.5 Å². The lowest BCUT2D eigenvalue weighted by atomic mass is 10.1. The van der Waals surface area contributed by atoms with E-state index in [-0.39, 0.29) is 0 Å². The van der Waals surface area contributed by atoms with E-state index in [1.807, 2.05) is 24.3 Å². The van der Waals surface area contributed by atoms with E-state index >= 15 is 0 Å². The van der Waals surface area contributed by atoms with Crippen LogP contribution in [-0.4, -0.2) is 5.75 Å². The largest absolute Gasteiger partial charge is 0.399 e. The Bertz CT molecular complexity index is 287. The number of anilines is 1. The lowest BCUT2D eigenvalue weighted by molar-refractivity contribution is 0.935. The fraction of sp³-hybridized carbons (Fsp3) is 0.300. The molecule has 0 saturated carbocycles. The van der Waals surface area contributed by atoms with E-state index < -0.39 is 0 Å². The molecular weight excluding hydrogens is 180 g/mol. The van der Waals surface area contributed by atoms with E-state index in [2.05, 4.69) is 5.40 Å². The van der Waals surface area contributed by atoms with Crippen LogP contribution in [-0.2, 0) is 6.42 Å². The van der Waals surface area contributed by atoms with Gasteiger partial charge in [-0.25, -0.2) is 0 Å². The quantitative estimate of drug-likeness (QED) is 0.453. The molecule has 1 aromatic carbocycles. The smallest absolute Gasteiger partial charge is 0.133 e. The molecule has 0 saturated heterocycles. The van der Waals surface area contributed by atoms with Crippen LogP contribution in [0.15, 0.2) is 24.3 Å². The van der Waals surface area contributed by atoms with Crippen molar-refractivity contribution in [2.24, 2.45) is 0 Å². The van der Waals surface area contributed by atoms with Crippen molar-refractivity contribution in [2.45, 2.75) is 12.8 Å². The van der Waals surface area contributed by atoms with Crippen LogP contribution in [0.4, 0.5) is 5.69 Å². The predicted octanol–water partition coefficient (Wildman–Crippen LogP) is 2.42. The number of nitrogen functional groups attached to an aromatic ring is 1. The lowest BCUT2D eigenvalue weighted by Crippen LogP contribution is -1.89. The fourth-order valence-electron chi connectivity index (χ4n) is 1.08. The second-order valence-corrected chi connectivity index (χ2v) is 3.66. The maximum atomic E-state index is 8.30. The van der Waals surface area contributed by atoms with E-state index in [4.69, 9.17) is 11.0 Å². The molecule has 0 radical (unpaired) electrons. The van der Waals surface area contributed by atoms with Crippen LogP contribution in [0.3, 0.4) is 0 Å². The molecule has 1 aromatic rings. The van der Waals surface area contributed by atoms with Crippen molar-refractivity contribution in [1.29, 1.82) is 5.26 Å². The van der Waals surface area contributed by atoms with Gasteiger partial charge < -0.3 is 5.73 Å². The zero-order chi connectivity index (χ0) is 9.52. The van der Waals surface area contributed by atoms with Crippen LogP contribution in [0.25, 0.3) is 0 Å². The van der Waals surface area contributed by atoms with Crippen molar-refractivity contribution in [3.63, 3.8) is 0 Å². The van der Waals surface area contributed by atoms with Crippen LogP contribution in [0.5, 0.6) is 0 Å². The Hall–Kier alpha value is -1.14. The van der Waals surface area contributed by atoms with Crippen molar-refractivity contribution in [3.05, 3.63) is 29.8 Å². The summed E-state index contributed by atoms with van der Waals surface area (Å²) in [4.78, 5) is 0. The number of hydrogen-bond acceptors (Lipinski definition) is 3. The summed E-state index contributed by atoms with van der Waals surface area (Å²) in [6.07, 6.45) is 2.07. The summed E-state index contributed by atoms with van der Waals surface area (Å²) in [5.74, 6) is 0.904. The second kappa shape index (κ2) is 5.50. The van der Waals surface area contributed by atoms with Crippen molar-refractivity contribution < 1.29 is 0 Å². The highest BCUT2D eigenvalue weighted by Crippen LogP contribution is 2.09. The standard InChI is InChI=1S/C10H12N2S/c11-8-13-7-1-2-9-3-5-10(12)6-4-9/h3-6H,1-2,7,12H2. The van der Waals surface area contributed by atoms with Gasteiger partial charge in [0.1, 0.15) is 5.40 Å². The molecule has 0 aromatic heterocycles. The second-order valence-electron chi connectivity index (χ2n) is 2.78. The third-order valence-electron chi connectivity index (χ3n) is 1.76. The highest BCUT2D eigenvalue weighted by molar-refractivity contribution is 8.03. The number of benzene rings is 1. The minimum absolute atomic E-state index is 0.801. The number of nitriles is 1. The number of hydrogen-bond donors (Lipinski definition) is 1. The van der Waals surface area contributed by atoms with Gasteiger partial charge in [-0.05, 0) is 42.3 Å². The van der Waals surface area contributed by atoms with E-state index in [9.17, 15) is 0 Å². The van der Waals surface area contributed by atoms with Gasteiger partial charge >= 0.3 is 0 Å². The van der Waals surface area contributed by atoms with Crippen molar-refractivity contribution in [3.8, 4) is 5.40 Å². The van der Waals surface area contributed by atoms with Crippen LogP contribution in [0, 0.1) is 10.7 Å². The molecule has 0 spiro atoms. The molecule has 0 amide bonds. The third-order valence-corrected chi connectivity index (χ3v) is 2.38. The van der Waals surface area contributed by atoms with Crippen molar-refractivity contribution >= 4 is 17.4 Å². The first-order chi connectivity index (χ1) is 6.33. The Morgan fingerprint density at radius 2 is 2.00 bits per heavy atom. The molecule has 2 nitrogen and oxygen atoms in total. The minimum Gasteiger partial charge on any atom is -0.399 e. The molecule has 13 heavy (non-hydrogen) atoms. The molecule has 0 atom stereocenters. The van der Waals surface area contributed by atoms with Gasteiger partial charge in [0.15, 0.2) is 0 Å². The summed E-state index contributed by atoms with van der Waals surface area (Å²) in [6, 6.07) is 7.89. The summed E-state index contributed by atoms with van der Waals surface area (Å²) in [5, 5.41) is 10.4. The Morgan fingerprint density at radius 3 is 2.62 bits per heavy atom. The molecule has 0 aliphatic carbocycles. The Balaban J connectivity index is 2.30. The molecule has 68 valence electrons. The first-order valence-electron chi connectivity index (χ1n) is 4.18. The van der Waals surface area contributed by atoms with Gasteiger partial charge in [0, 0.05) is 11.4 Å². The molecule has 0 aliphatic rings. The monoisotopic (exact) mass is 192 g/mol. The average molecular weight is 192 g/mol. The maximum absolute atomic E-state index is 8.30. The van der Waals surface area contributed by atoms with Crippen molar-refractivity contribution in [1.82, 2.24) is 0 Å². The summed E-state index contributed by atoms with van der Waals surface area (Å²) < 4.78 is 0. The predicted molar refractivity (Wildman–Crippen MR) is 57.2 cm³/mol. The fourth-order valence-corrected chi connectivity index (χ4v) is 1.46. The molecule has 0 fully saturated rings. The first-order valence-corrected chi connectivity index (χ1v) is 5.17. The summed E-state index contributed by atoms with van der Waals surface area (Å²) in [6.45, 7) is 0. The van der Waals surface area contributed by atoms with E-state index in [1.165, 1.54) is 17.3 Å². The van der Waals surface area contributed by atoms with Gasteiger partial charge in [-0.1, -0.05) is 12.1 Å². The summed E-state index contributed by atoms with van der Waals surface area (Å²) in [5.41, 5.74) is 7.64. The van der Waals surface area contributed by atoms with E-state index in [1.54, 1.807) is 0 Å². The average Bonchev–Trinajstić information content (AvgIpc) is 2.15. The van der Waals surface area contributed by atoms with Gasteiger partial charge in [-0.15, -0.1) is 0 Å². The molecule has 2 N–H and O–H groups in total. The molecule has 0 bridgehead atoms. The highest BCUT2D eigenvalue weighted by Gasteiger charge is 1.93. The van der Waals surface area contributed by atoms with E-state index in [0.29, 0.717) is 0 Å². The number of thioether (sulfide) groups is 1. The minimum atomic E-state index is 0.801. The number of nitrogens with two attached hydrogens (primary N) is 1. The third kappa shape index (κ3) is 3.86. The van der Waals surface area contributed by atoms with Gasteiger partial charge in [0.2, 0.25) is 0 Å². The number of thiocyanates is 1. The van der Waals surface area contributed by atoms with Gasteiger partial charge in [0.25, 0.3) is 0 Å². The molecule has 0 unspecified atom stereocenters. The van der Waals surface area contributed by atoms with Gasteiger partial charge in [0.05, 0.1) is 0 Å². The zero-order valence-electron chi connectivity index (χ0n) is 7.36. The van der Waals surface area contributed by atoms with Crippen LogP contribution < -0.4 is 5.73 Å². The first kappa shape index (κ1) is 9.94. The van der Waals surface area contributed by atoms with Gasteiger partial charge in [-0.3, -0.25) is 0 Å². The van der Waals surface area contributed by atoms with Crippen LogP contribution >= 0.6 is 11.8 Å². The number of aryl methyl sites for hydroxylation is 1. The SMILES string of the molecule is N#CSCCCc1ccc(N)cc1. The molecule has 0 heterocycles. The summed E-state index contributed by atoms with van der Waals surface area (Å²) >= 11 is 1.31.